The molecule has 2 aromatic heterocycles. The van der Waals surface area contributed by atoms with Gasteiger partial charge in [-0.2, -0.15) is 13.2 Å². The van der Waals surface area contributed by atoms with Gasteiger partial charge in [0.15, 0.2) is 0 Å². The summed E-state index contributed by atoms with van der Waals surface area (Å²) in [5.74, 6) is -0.0938. The number of halogens is 4. The molecule has 0 saturated heterocycles. The van der Waals surface area contributed by atoms with Crippen LogP contribution in [0.4, 0.5) is 17.6 Å². The Labute approximate surface area is 200 Å². The molecule has 2 heterocycles. The fourth-order valence-electron chi connectivity index (χ4n) is 4.97. The van der Waals surface area contributed by atoms with Crippen molar-refractivity contribution in [2.24, 2.45) is 0 Å². The van der Waals surface area contributed by atoms with E-state index in [2.05, 4.69) is 10.1 Å². The Hall–Kier alpha value is -3.23. The molecular weight excluding hydrogens is 462 g/mol. The maximum absolute atomic E-state index is 14.5. The zero-order valence-corrected chi connectivity index (χ0v) is 19.6. The number of alkyl halides is 3. The van der Waals surface area contributed by atoms with Crippen molar-refractivity contribution in [3.05, 3.63) is 86.7 Å². The molecule has 35 heavy (non-hydrogen) atoms. The molecular formula is C26H27F4N3O2. The average Bonchev–Trinajstić information content (AvgIpc) is 2.81. The quantitative estimate of drug-likeness (QED) is 0.399. The number of hydrogen-bond acceptors (Lipinski definition) is 4. The highest BCUT2D eigenvalue weighted by Gasteiger charge is 2.34. The number of pyridine rings is 1. The molecule has 3 aromatic rings. The molecule has 0 unspecified atom stereocenters. The molecule has 5 nitrogen and oxygen atoms in total. The van der Waals surface area contributed by atoms with Crippen LogP contribution in [0.25, 0.3) is 0 Å². The third-order valence-electron chi connectivity index (χ3n) is 6.61. The molecule has 1 saturated carbocycles. The average molecular weight is 490 g/mol. The SMILES string of the molecule is CCOc1cc(C2CCC(c3c(C)cccc3F)CC2)c(=O)n(Cc2ncccc2C(F)(F)F)n1. The normalized spacial score (nSPS) is 18.5. The lowest BCUT2D eigenvalue weighted by Crippen LogP contribution is -2.30. The van der Waals surface area contributed by atoms with E-state index in [1.54, 1.807) is 19.1 Å². The number of ether oxygens (including phenoxy) is 1. The van der Waals surface area contributed by atoms with Crippen molar-refractivity contribution >= 4 is 0 Å². The van der Waals surface area contributed by atoms with Gasteiger partial charge in [0.1, 0.15) is 5.82 Å². The first-order valence-corrected chi connectivity index (χ1v) is 11.7. The van der Waals surface area contributed by atoms with E-state index in [0.717, 1.165) is 21.9 Å². The molecule has 1 aromatic carbocycles. The van der Waals surface area contributed by atoms with E-state index in [0.29, 0.717) is 37.9 Å². The predicted octanol–water partition coefficient (Wildman–Crippen LogP) is 5.99. The zero-order valence-electron chi connectivity index (χ0n) is 19.6. The van der Waals surface area contributed by atoms with Gasteiger partial charge < -0.3 is 4.74 Å². The van der Waals surface area contributed by atoms with Gasteiger partial charge in [0.25, 0.3) is 5.56 Å². The smallest absolute Gasteiger partial charge is 0.418 e. The highest BCUT2D eigenvalue weighted by molar-refractivity contribution is 5.32. The number of nitrogens with zero attached hydrogens (tertiary/aromatic N) is 3. The van der Waals surface area contributed by atoms with Gasteiger partial charge in [-0.1, -0.05) is 12.1 Å². The van der Waals surface area contributed by atoms with E-state index >= 15 is 0 Å². The minimum absolute atomic E-state index is 0.0609. The van der Waals surface area contributed by atoms with Gasteiger partial charge in [-0.15, -0.1) is 5.10 Å². The van der Waals surface area contributed by atoms with Gasteiger partial charge in [-0.3, -0.25) is 9.78 Å². The molecule has 0 radical (unpaired) electrons. The first kappa shape index (κ1) is 24.9. The fraction of sp³-hybridized carbons (Fsp3) is 0.423. The Morgan fingerprint density at radius 1 is 1.09 bits per heavy atom. The van der Waals surface area contributed by atoms with Gasteiger partial charge in [0.2, 0.25) is 5.88 Å². The highest BCUT2D eigenvalue weighted by atomic mass is 19.4. The number of aromatic nitrogens is 3. The largest absolute Gasteiger partial charge is 0.477 e. The summed E-state index contributed by atoms with van der Waals surface area (Å²) in [5.41, 5.74) is 0.442. The van der Waals surface area contributed by atoms with E-state index in [1.807, 2.05) is 13.0 Å². The lowest BCUT2D eigenvalue weighted by Gasteiger charge is -2.30. The van der Waals surface area contributed by atoms with Crippen LogP contribution < -0.4 is 10.3 Å². The summed E-state index contributed by atoms with van der Waals surface area (Å²) in [4.78, 5) is 17.2. The number of rotatable bonds is 6. The molecule has 9 heteroatoms. The molecule has 1 aliphatic carbocycles. The van der Waals surface area contributed by atoms with Crippen LogP contribution in [0.15, 0.2) is 47.4 Å². The van der Waals surface area contributed by atoms with Gasteiger partial charge in [-0.25, -0.2) is 9.07 Å². The number of aryl methyl sites for hydroxylation is 1. The van der Waals surface area contributed by atoms with Gasteiger partial charge in [0, 0.05) is 17.8 Å². The van der Waals surface area contributed by atoms with Crippen LogP contribution in [0.3, 0.4) is 0 Å². The molecule has 0 atom stereocenters. The molecule has 1 aliphatic rings. The monoisotopic (exact) mass is 489 g/mol. The summed E-state index contributed by atoms with van der Waals surface area (Å²) in [5, 5.41) is 4.15. The Bertz CT molecular complexity index is 1230. The summed E-state index contributed by atoms with van der Waals surface area (Å²) in [6.45, 7) is 3.53. The van der Waals surface area contributed by atoms with Crippen LogP contribution in [-0.2, 0) is 12.7 Å². The van der Waals surface area contributed by atoms with Gasteiger partial charge in [0.05, 0.1) is 24.4 Å². The van der Waals surface area contributed by atoms with E-state index in [4.69, 9.17) is 4.74 Å². The Balaban J connectivity index is 1.63. The minimum atomic E-state index is -4.60. The molecule has 186 valence electrons. The predicted molar refractivity (Wildman–Crippen MR) is 123 cm³/mol. The molecule has 0 spiro atoms. The highest BCUT2D eigenvalue weighted by Crippen LogP contribution is 2.41. The van der Waals surface area contributed by atoms with Crippen LogP contribution in [0, 0.1) is 12.7 Å². The third-order valence-corrected chi connectivity index (χ3v) is 6.61. The second-order valence-electron chi connectivity index (χ2n) is 8.85. The van der Waals surface area contributed by atoms with E-state index in [1.165, 1.54) is 18.3 Å². The fourth-order valence-corrected chi connectivity index (χ4v) is 4.97. The summed E-state index contributed by atoms with van der Waals surface area (Å²) in [6.07, 6.45) is -0.625. The molecule has 0 aliphatic heterocycles. The molecule has 4 rings (SSSR count). The number of hydrogen-bond donors (Lipinski definition) is 0. The zero-order chi connectivity index (χ0) is 25.2. The topological polar surface area (TPSA) is 57.0 Å². The minimum Gasteiger partial charge on any atom is -0.477 e. The van der Waals surface area contributed by atoms with Gasteiger partial charge in [-0.05, 0) is 80.7 Å². The lowest BCUT2D eigenvalue weighted by molar-refractivity contribution is -0.138. The van der Waals surface area contributed by atoms with Gasteiger partial charge >= 0.3 is 6.18 Å². The van der Waals surface area contributed by atoms with Crippen LogP contribution in [0.2, 0.25) is 0 Å². The van der Waals surface area contributed by atoms with Crippen molar-refractivity contribution in [3.8, 4) is 5.88 Å². The molecule has 0 amide bonds. The van der Waals surface area contributed by atoms with Crippen molar-refractivity contribution in [1.82, 2.24) is 14.8 Å². The lowest BCUT2D eigenvalue weighted by atomic mass is 9.75. The Morgan fingerprint density at radius 2 is 1.80 bits per heavy atom. The Kier molecular flexibility index (Phi) is 7.23. The van der Waals surface area contributed by atoms with E-state index in [9.17, 15) is 22.4 Å². The number of benzene rings is 1. The molecule has 1 fully saturated rings. The summed E-state index contributed by atoms with van der Waals surface area (Å²) < 4.78 is 61.4. The summed E-state index contributed by atoms with van der Waals surface area (Å²) >= 11 is 0. The maximum Gasteiger partial charge on any atom is 0.418 e. The van der Waals surface area contributed by atoms with Crippen molar-refractivity contribution in [3.63, 3.8) is 0 Å². The standard InChI is InChI=1S/C26H27F4N3O2/c1-3-35-23-14-19(17-9-11-18(12-10-17)24-16(2)6-4-8-21(24)27)25(34)33(32-23)15-22-20(26(28,29)30)7-5-13-31-22/h4-8,13-14,17-18H,3,9-12,15H2,1-2H3. The van der Waals surface area contributed by atoms with Crippen molar-refractivity contribution in [2.45, 2.75) is 64.1 Å². The van der Waals surface area contributed by atoms with Crippen LogP contribution >= 0.6 is 0 Å². The summed E-state index contributed by atoms with van der Waals surface area (Å²) in [7, 11) is 0. The third kappa shape index (κ3) is 5.39. The van der Waals surface area contributed by atoms with E-state index in [-0.39, 0.29) is 29.2 Å². The molecule has 0 bridgehead atoms. The first-order valence-electron chi connectivity index (χ1n) is 11.7. The van der Waals surface area contributed by atoms with Crippen molar-refractivity contribution in [1.29, 1.82) is 0 Å². The molecule has 0 N–H and O–H groups in total. The second-order valence-corrected chi connectivity index (χ2v) is 8.85. The first-order chi connectivity index (χ1) is 16.7. The van der Waals surface area contributed by atoms with Crippen LogP contribution in [-0.4, -0.2) is 21.4 Å². The van der Waals surface area contributed by atoms with Crippen LogP contribution in [0.5, 0.6) is 5.88 Å². The van der Waals surface area contributed by atoms with Crippen molar-refractivity contribution in [2.75, 3.05) is 6.61 Å². The Morgan fingerprint density at radius 3 is 2.46 bits per heavy atom. The maximum atomic E-state index is 14.5. The van der Waals surface area contributed by atoms with E-state index < -0.39 is 23.8 Å². The van der Waals surface area contributed by atoms with Crippen molar-refractivity contribution < 1.29 is 22.3 Å². The second kappa shape index (κ2) is 10.2. The summed E-state index contributed by atoms with van der Waals surface area (Å²) in [6, 6.07) is 8.79. The van der Waals surface area contributed by atoms with Crippen LogP contribution in [0.1, 0.15) is 72.4 Å².